The Labute approximate surface area is 229 Å². The molecule has 1 aliphatic heterocycles. The Hall–Kier alpha value is -3.23. The molecule has 0 aliphatic carbocycles. The Balaban J connectivity index is 0.00000241. The summed E-state index contributed by atoms with van der Waals surface area (Å²) < 4.78 is 8.22. The number of amidine groups is 2. The van der Waals surface area contributed by atoms with Crippen molar-refractivity contribution in [2.75, 3.05) is 13.1 Å². The number of hydrogen-bond donors (Lipinski definition) is 4. The van der Waals surface area contributed by atoms with E-state index in [1.807, 2.05) is 62.4 Å². The molecule has 1 aliphatic rings. The highest BCUT2D eigenvalue weighted by molar-refractivity contribution is 5.98. The molecule has 3 aromatic rings. The minimum absolute atomic E-state index is 0. The number of piperidine rings is 1. The number of carbonyl (C=O) groups is 1. The van der Waals surface area contributed by atoms with Crippen LogP contribution in [0.1, 0.15) is 49.4 Å². The van der Waals surface area contributed by atoms with Gasteiger partial charge in [-0.05, 0) is 49.1 Å². The molecule has 1 fully saturated rings. The summed E-state index contributed by atoms with van der Waals surface area (Å²) in [7, 11) is 0. The number of nitrogens with two attached hydrogens (primary N) is 1. The number of nitrogens with zero attached hydrogens (tertiary/aromatic N) is 2. The van der Waals surface area contributed by atoms with Crippen LogP contribution in [0.5, 0.6) is 5.75 Å². The first-order valence-electron chi connectivity index (χ1n) is 12.0. The van der Waals surface area contributed by atoms with Crippen molar-refractivity contribution in [2.24, 2.45) is 5.73 Å². The molecule has 200 valence electrons. The minimum atomic E-state index is -0.870. The lowest BCUT2D eigenvalue weighted by molar-refractivity contribution is -0.138. The lowest BCUT2D eigenvalue weighted by Crippen LogP contribution is -2.40. The van der Waals surface area contributed by atoms with Crippen molar-refractivity contribution in [2.45, 2.75) is 51.7 Å². The second-order valence-electron chi connectivity index (χ2n) is 9.12. The van der Waals surface area contributed by atoms with Crippen LogP contribution in [-0.4, -0.2) is 51.4 Å². The van der Waals surface area contributed by atoms with Gasteiger partial charge in [0.1, 0.15) is 17.7 Å². The van der Waals surface area contributed by atoms with Crippen molar-refractivity contribution in [3.8, 4) is 5.75 Å². The van der Waals surface area contributed by atoms with Crippen LogP contribution in [0.15, 0.2) is 48.5 Å². The van der Waals surface area contributed by atoms with Gasteiger partial charge in [0.2, 0.25) is 0 Å². The molecule has 1 saturated heterocycles. The zero-order valence-corrected chi connectivity index (χ0v) is 22.7. The van der Waals surface area contributed by atoms with E-state index in [0.717, 1.165) is 53.8 Å². The first kappa shape index (κ1) is 30.0. The van der Waals surface area contributed by atoms with Gasteiger partial charge in [-0.1, -0.05) is 24.3 Å². The number of carboxylic acids is 1. The minimum Gasteiger partial charge on any atom is -0.490 e. The summed E-state index contributed by atoms with van der Waals surface area (Å²) in [6.07, 6.45) is 2.19. The fraction of sp³-hybridized carbons (Fsp3) is 0.370. The van der Waals surface area contributed by atoms with Gasteiger partial charge < -0.3 is 25.0 Å². The average Bonchev–Trinajstić information content (AvgIpc) is 3.19. The highest BCUT2D eigenvalue weighted by atomic mass is 35.5. The van der Waals surface area contributed by atoms with Crippen molar-refractivity contribution in [1.82, 2.24) is 9.47 Å². The van der Waals surface area contributed by atoms with E-state index < -0.39 is 11.9 Å². The van der Waals surface area contributed by atoms with Crippen LogP contribution in [0.2, 0.25) is 0 Å². The number of fused-ring (bicyclic) bond motifs is 1. The fourth-order valence-electron chi connectivity index (χ4n) is 4.86. The molecule has 2 aromatic carbocycles. The number of halogens is 2. The van der Waals surface area contributed by atoms with Gasteiger partial charge in [-0.3, -0.25) is 15.6 Å². The number of aryl methyl sites for hydroxylation is 1. The number of nitrogens with one attached hydrogen (secondary N) is 2. The lowest BCUT2D eigenvalue weighted by atomic mass is 9.94. The Bertz CT molecular complexity index is 1250. The summed E-state index contributed by atoms with van der Waals surface area (Å²) in [6, 6.07) is 15.1. The third-order valence-corrected chi connectivity index (χ3v) is 6.83. The van der Waals surface area contributed by atoms with Gasteiger partial charge in [0.05, 0.1) is 11.8 Å². The highest BCUT2D eigenvalue weighted by Gasteiger charge is 2.24. The number of ether oxygens (including phenoxy) is 1. The summed E-state index contributed by atoms with van der Waals surface area (Å²) in [4.78, 5) is 14.3. The first-order valence-corrected chi connectivity index (χ1v) is 12.0. The Kier molecular flexibility index (Phi) is 10.4. The van der Waals surface area contributed by atoms with Crippen molar-refractivity contribution >= 4 is 53.4 Å². The van der Waals surface area contributed by atoms with E-state index in [1.165, 1.54) is 0 Å². The van der Waals surface area contributed by atoms with Crippen LogP contribution in [0.25, 0.3) is 10.9 Å². The van der Waals surface area contributed by atoms with Crippen LogP contribution in [0.4, 0.5) is 0 Å². The molecule has 10 heteroatoms. The van der Waals surface area contributed by atoms with Gasteiger partial charge in [-0.25, -0.2) is 0 Å². The van der Waals surface area contributed by atoms with Crippen molar-refractivity contribution in [3.05, 3.63) is 65.4 Å². The number of likely N-dealkylation sites (tertiary alicyclic amines) is 1. The summed E-state index contributed by atoms with van der Waals surface area (Å²) >= 11 is 0. The van der Waals surface area contributed by atoms with E-state index in [2.05, 4.69) is 9.47 Å². The maximum absolute atomic E-state index is 12.2. The maximum Gasteiger partial charge on any atom is 0.311 e. The summed E-state index contributed by atoms with van der Waals surface area (Å²) in [5.74, 6) is -0.218. The predicted molar refractivity (Wildman–Crippen MR) is 152 cm³/mol. The van der Waals surface area contributed by atoms with Gasteiger partial charge in [0.25, 0.3) is 0 Å². The van der Waals surface area contributed by atoms with Crippen LogP contribution in [0.3, 0.4) is 0 Å². The molecular formula is C27H35Cl2N5O3. The molecule has 37 heavy (non-hydrogen) atoms. The zero-order valence-electron chi connectivity index (χ0n) is 21.1. The van der Waals surface area contributed by atoms with Crippen LogP contribution in [-0.2, 0) is 17.8 Å². The number of benzene rings is 2. The summed E-state index contributed by atoms with van der Waals surface area (Å²) in [6.45, 7) is 6.16. The number of rotatable bonds is 8. The summed E-state index contributed by atoms with van der Waals surface area (Å²) in [5, 5.41) is 26.5. The molecule has 4 rings (SSSR count). The highest BCUT2D eigenvalue weighted by Crippen LogP contribution is 2.29. The monoisotopic (exact) mass is 547 g/mol. The van der Waals surface area contributed by atoms with Crippen LogP contribution in [0, 0.1) is 10.8 Å². The molecule has 1 atom stereocenters. The van der Waals surface area contributed by atoms with Crippen molar-refractivity contribution < 1.29 is 14.6 Å². The normalized spacial score (nSPS) is 14.4. The van der Waals surface area contributed by atoms with E-state index in [4.69, 9.17) is 21.3 Å². The molecule has 2 heterocycles. The van der Waals surface area contributed by atoms with E-state index in [1.54, 1.807) is 0 Å². The van der Waals surface area contributed by atoms with Gasteiger partial charge in [-0.15, -0.1) is 24.8 Å². The second kappa shape index (κ2) is 12.8. The topological polar surface area (TPSA) is 128 Å². The van der Waals surface area contributed by atoms with Crippen LogP contribution < -0.4 is 10.5 Å². The van der Waals surface area contributed by atoms with Crippen molar-refractivity contribution in [3.63, 3.8) is 0 Å². The Morgan fingerprint density at radius 3 is 2.30 bits per heavy atom. The number of aromatic nitrogens is 1. The molecule has 0 spiro atoms. The van der Waals surface area contributed by atoms with E-state index >= 15 is 0 Å². The standard InChI is InChI=1S/C27H33N5O3.2ClH/c1-3-32-21(14-19-4-5-20(26(29)30)15-25(19)32)16-24(27(33)34)18-6-8-22(9-7-18)35-23-10-12-31(13-11-23)17(2)28;;/h4-9,14-15,23-24,28H,3,10-13,16H2,1-2H3,(H3,29,30)(H,33,34);2*1H. The number of hydrogen-bond acceptors (Lipinski definition) is 4. The molecule has 1 unspecified atom stereocenters. The quantitative estimate of drug-likeness (QED) is 0.232. The van der Waals surface area contributed by atoms with Crippen molar-refractivity contribution in [1.29, 1.82) is 10.8 Å². The molecule has 0 saturated carbocycles. The summed E-state index contributed by atoms with van der Waals surface area (Å²) in [5.41, 5.74) is 8.94. The van der Waals surface area contributed by atoms with E-state index in [9.17, 15) is 9.90 Å². The predicted octanol–water partition coefficient (Wildman–Crippen LogP) is 5.04. The van der Waals surface area contributed by atoms with Crippen LogP contribution >= 0.6 is 24.8 Å². The zero-order chi connectivity index (χ0) is 25.1. The first-order chi connectivity index (χ1) is 16.8. The Morgan fingerprint density at radius 1 is 1.11 bits per heavy atom. The second-order valence-corrected chi connectivity index (χ2v) is 9.12. The average molecular weight is 549 g/mol. The lowest BCUT2D eigenvalue weighted by Gasteiger charge is -2.32. The van der Waals surface area contributed by atoms with Gasteiger partial charge in [-0.2, -0.15) is 0 Å². The molecule has 1 aromatic heterocycles. The SMILES string of the molecule is CCn1c(CC(C(=O)O)c2ccc(OC3CCN(C(C)=N)CC3)cc2)cc2ccc(C(=N)N)cc21.Cl.Cl. The molecule has 8 nitrogen and oxygen atoms in total. The molecule has 0 amide bonds. The van der Waals surface area contributed by atoms with Gasteiger partial charge in [0.15, 0.2) is 0 Å². The van der Waals surface area contributed by atoms with E-state index in [-0.39, 0.29) is 36.8 Å². The maximum atomic E-state index is 12.2. The number of aliphatic carboxylic acids is 1. The molecule has 5 N–H and O–H groups in total. The largest absolute Gasteiger partial charge is 0.490 e. The Morgan fingerprint density at radius 2 is 1.76 bits per heavy atom. The smallest absolute Gasteiger partial charge is 0.311 e. The third kappa shape index (κ3) is 6.76. The fourth-order valence-corrected chi connectivity index (χ4v) is 4.86. The van der Waals surface area contributed by atoms with Gasteiger partial charge >= 0.3 is 5.97 Å². The third-order valence-electron chi connectivity index (χ3n) is 6.83. The number of nitrogen functional groups attached to an aromatic ring is 1. The molecule has 0 bridgehead atoms. The molecule has 0 radical (unpaired) electrons. The number of carboxylic acid groups (broad SMARTS) is 1. The van der Waals surface area contributed by atoms with Gasteiger partial charge in [0, 0.05) is 55.7 Å². The van der Waals surface area contributed by atoms with E-state index in [0.29, 0.717) is 24.4 Å². The molecular weight excluding hydrogens is 513 g/mol.